The van der Waals surface area contributed by atoms with Gasteiger partial charge in [-0.3, -0.25) is 4.79 Å². The third-order valence-corrected chi connectivity index (χ3v) is 7.28. The number of hydrogen-bond acceptors (Lipinski definition) is 3. The Labute approximate surface area is 183 Å². The van der Waals surface area contributed by atoms with Gasteiger partial charge in [0, 0.05) is 24.9 Å². The Morgan fingerprint density at radius 3 is 2.52 bits per heavy atom. The van der Waals surface area contributed by atoms with Gasteiger partial charge in [0.1, 0.15) is 5.56 Å². The molecule has 2 heterocycles. The summed E-state index contributed by atoms with van der Waals surface area (Å²) in [5, 5.41) is 14.0. The van der Waals surface area contributed by atoms with Crippen molar-refractivity contribution in [1.82, 2.24) is 14.7 Å². The Bertz CT molecular complexity index is 972. The van der Waals surface area contributed by atoms with Gasteiger partial charge in [0.25, 0.3) is 0 Å². The number of hydrogen-bond donors (Lipinski definition) is 1. The number of aromatic carboxylic acids is 1. The van der Waals surface area contributed by atoms with Crippen molar-refractivity contribution >= 4 is 11.9 Å². The number of carboxylic acid groups (broad SMARTS) is 1. The molecule has 2 atom stereocenters. The molecule has 2 aliphatic carbocycles. The van der Waals surface area contributed by atoms with E-state index in [9.17, 15) is 14.7 Å². The Morgan fingerprint density at radius 1 is 0.968 bits per heavy atom. The Hall–Kier alpha value is -2.63. The molecule has 1 aromatic carbocycles. The molecule has 3 fully saturated rings. The van der Waals surface area contributed by atoms with Gasteiger partial charge in [-0.15, -0.1) is 0 Å². The second-order valence-corrected chi connectivity index (χ2v) is 9.48. The van der Waals surface area contributed by atoms with Crippen LogP contribution < -0.4 is 0 Å². The van der Waals surface area contributed by atoms with Crippen molar-refractivity contribution in [2.24, 2.45) is 5.92 Å². The summed E-state index contributed by atoms with van der Waals surface area (Å²) in [7, 11) is 0. The smallest absolute Gasteiger partial charge is 0.339 e. The Morgan fingerprint density at radius 2 is 1.77 bits per heavy atom. The molecule has 31 heavy (non-hydrogen) atoms. The predicted octanol–water partition coefficient (Wildman–Crippen LogP) is 4.73. The van der Waals surface area contributed by atoms with Crippen molar-refractivity contribution in [2.75, 3.05) is 13.1 Å². The third-order valence-electron chi connectivity index (χ3n) is 7.28. The van der Waals surface area contributed by atoms with Crippen molar-refractivity contribution in [3.63, 3.8) is 0 Å². The SMILES string of the molecule is O=C(O)c1cnn(-c2cccc([C@H]3CCC[C@@H](C(=O)N4CCCCC4)C3)c2)c1C1CC1. The lowest BCUT2D eigenvalue weighted by atomic mass is 9.77. The van der Waals surface area contributed by atoms with Gasteiger partial charge in [-0.2, -0.15) is 5.10 Å². The number of aromatic nitrogens is 2. The van der Waals surface area contributed by atoms with E-state index in [4.69, 9.17) is 0 Å². The first-order valence-corrected chi connectivity index (χ1v) is 11.8. The molecule has 0 bridgehead atoms. The van der Waals surface area contributed by atoms with E-state index in [0.29, 0.717) is 23.3 Å². The number of carbonyl (C=O) groups is 2. The minimum absolute atomic E-state index is 0.130. The first-order valence-electron chi connectivity index (χ1n) is 11.8. The van der Waals surface area contributed by atoms with Crippen LogP contribution in [0.15, 0.2) is 30.5 Å². The van der Waals surface area contributed by atoms with E-state index in [1.54, 1.807) is 0 Å². The molecular weight excluding hydrogens is 390 g/mol. The van der Waals surface area contributed by atoms with Crippen LogP contribution in [-0.2, 0) is 4.79 Å². The molecule has 164 valence electrons. The van der Waals surface area contributed by atoms with Crippen LogP contribution in [0.3, 0.4) is 0 Å². The molecule has 6 heteroatoms. The van der Waals surface area contributed by atoms with E-state index >= 15 is 0 Å². The molecule has 2 saturated carbocycles. The van der Waals surface area contributed by atoms with E-state index in [1.165, 1.54) is 18.2 Å². The highest BCUT2D eigenvalue weighted by molar-refractivity contribution is 5.89. The molecular formula is C25H31N3O3. The molecule has 1 N–H and O–H groups in total. The lowest BCUT2D eigenvalue weighted by Crippen LogP contribution is -2.40. The van der Waals surface area contributed by atoms with Crippen LogP contribution in [0.1, 0.15) is 91.2 Å². The largest absolute Gasteiger partial charge is 0.478 e. The Balaban J connectivity index is 1.37. The van der Waals surface area contributed by atoms with Crippen LogP contribution in [0.25, 0.3) is 5.69 Å². The highest BCUT2D eigenvalue weighted by Gasteiger charge is 2.34. The topological polar surface area (TPSA) is 75.4 Å². The van der Waals surface area contributed by atoms with Gasteiger partial charge in [-0.05, 0) is 75.0 Å². The van der Waals surface area contributed by atoms with Crippen molar-refractivity contribution in [1.29, 1.82) is 0 Å². The average molecular weight is 422 g/mol. The standard InChI is InChI=1S/C25H31N3O3/c29-24(27-12-2-1-3-13-27)20-8-4-6-18(14-20)19-7-5-9-21(15-19)28-23(17-10-11-17)22(16-26-28)25(30)31/h5,7,9,15-18,20H,1-4,6,8,10-14H2,(H,30,31)/t18-,20+/m0/s1. The quantitative estimate of drug-likeness (QED) is 0.757. The molecule has 3 aliphatic rings. The van der Waals surface area contributed by atoms with Gasteiger partial charge in [0.05, 0.1) is 17.6 Å². The van der Waals surface area contributed by atoms with Crippen molar-refractivity contribution in [3.8, 4) is 5.69 Å². The summed E-state index contributed by atoms with van der Waals surface area (Å²) in [5.74, 6) is 0.237. The Kier molecular flexibility index (Phi) is 5.55. The summed E-state index contributed by atoms with van der Waals surface area (Å²) in [6, 6.07) is 8.36. The van der Waals surface area contributed by atoms with Gasteiger partial charge in [0.15, 0.2) is 0 Å². The van der Waals surface area contributed by atoms with E-state index < -0.39 is 5.97 Å². The second-order valence-electron chi connectivity index (χ2n) is 9.48. The zero-order valence-corrected chi connectivity index (χ0v) is 18.0. The van der Waals surface area contributed by atoms with Crippen LogP contribution in [-0.4, -0.2) is 44.8 Å². The van der Waals surface area contributed by atoms with Crippen LogP contribution in [0.4, 0.5) is 0 Å². The van der Waals surface area contributed by atoms with E-state index in [2.05, 4.69) is 22.1 Å². The molecule has 2 aromatic rings. The van der Waals surface area contributed by atoms with Crippen molar-refractivity contribution in [3.05, 3.63) is 47.3 Å². The van der Waals surface area contributed by atoms with Gasteiger partial charge in [0.2, 0.25) is 5.91 Å². The summed E-state index contributed by atoms with van der Waals surface area (Å²) in [6.07, 6.45) is 11.1. The average Bonchev–Trinajstić information content (AvgIpc) is 3.56. The zero-order valence-electron chi connectivity index (χ0n) is 18.0. The maximum absolute atomic E-state index is 13.1. The summed E-state index contributed by atoms with van der Waals surface area (Å²) in [6.45, 7) is 1.84. The lowest BCUT2D eigenvalue weighted by molar-refractivity contribution is -0.137. The lowest BCUT2D eigenvalue weighted by Gasteiger charge is -2.34. The number of piperidine rings is 1. The number of amides is 1. The fraction of sp³-hybridized carbons (Fsp3) is 0.560. The maximum atomic E-state index is 13.1. The zero-order chi connectivity index (χ0) is 21.4. The summed E-state index contributed by atoms with van der Waals surface area (Å²) >= 11 is 0. The molecule has 1 amide bonds. The summed E-state index contributed by atoms with van der Waals surface area (Å²) < 4.78 is 1.82. The van der Waals surface area contributed by atoms with Gasteiger partial charge in [-0.1, -0.05) is 18.6 Å². The number of benzene rings is 1. The monoisotopic (exact) mass is 421 g/mol. The second kappa shape index (κ2) is 8.48. The number of likely N-dealkylation sites (tertiary alicyclic amines) is 1. The first-order chi connectivity index (χ1) is 15.1. The predicted molar refractivity (Wildman–Crippen MR) is 118 cm³/mol. The fourth-order valence-electron chi connectivity index (χ4n) is 5.48. The maximum Gasteiger partial charge on any atom is 0.339 e. The number of rotatable bonds is 5. The van der Waals surface area contributed by atoms with E-state index in [1.807, 2.05) is 16.8 Å². The van der Waals surface area contributed by atoms with Gasteiger partial charge < -0.3 is 10.0 Å². The van der Waals surface area contributed by atoms with Gasteiger partial charge in [-0.25, -0.2) is 9.48 Å². The number of carbonyl (C=O) groups excluding carboxylic acids is 1. The fourth-order valence-corrected chi connectivity index (χ4v) is 5.48. The summed E-state index contributed by atoms with van der Waals surface area (Å²) in [5.41, 5.74) is 3.31. The molecule has 1 aliphatic heterocycles. The van der Waals surface area contributed by atoms with E-state index in [0.717, 1.165) is 75.8 Å². The molecule has 1 aromatic heterocycles. The number of nitrogens with zero attached hydrogens (tertiary/aromatic N) is 3. The first kappa shape index (κ1) is 20.3. The minimum Gasteiger partial charge on any atom is -0.478 e. The van der Waals surface area contributed by atoms with Crippen molar-refractivity contribution < 1.29 is 14.7 Å². The van der Waals surface area contributed by atoms with Crippen molar-refractivity contribution in [2.45, 2.75) is 69.6 Å². The minimum atomic E-state index is -0.907. The molecule has 0 spiro atoms. The van der Waals surface area contributed by atoms with E-state index in [-0.39, 0.29) is 5.92 Å². The van der Waals surface area contributed by atoms with Crippen LogP contribution in [0.2, 0.25) is 0 Å². The third kappa shape index (κ3) is 4.12. The van der Waals surface area contributed by atoms with Crippen LogP contribution >= 0.6 is 0 Å². The number of carboxylic acids is 1. The van der Waals surface area contributed by atoms with Crippen LogP contribution in [0, 0.1) is 5.92 Å². The molecule has 5 rings (SSSR count). The highest BCUT2D eigenvalue weighted by Crippen LogP contribution is 2.43. The molecule has 1 saturated heterocycles. The normalized spacial score (nSPS) is 24.2. The highest BCUT2D eigenvalue weighted by atomic mass is 16.4. The summed E-state index contributed by atoms with van der Waals surface area (Å²) in [4.78, 5) is 26.8. The molecule has 6 nitrogen and oxygen atoms in total. The van der Waals surface area contributed by atoms with Crippen LogP contribution in [0.5, 0.6) is 0 Å². The molecule has 0 unspecified atom stereocenters. The molecule has 0 radical (unpaired) electrons. The van der Waals surface area contributed by atoms with Gasteiger partial charge >= 0.3 is 5.97 Å².